The minimum Gasteiger partial charge on any atom is -0.384 e. The normalized spacial score (nSPS) is 23.2. The molecule has 0 radical (unpaired) electrons. The van der Waals surface area contributed by atoms with Crippen LogP contribution in [0.25, 0.3) is 0 Å². The topological polar surface area (TPSA) is 24.5 Å². The van der Waals surface area contributed by atoms with E-state index >= 15 is 0 Å². The van der Waals surface area contributed by atoms with E-state index in [0.717, 1.165) is 19.1 Å². The van der Waals surface area contributed by atoms with Gasteiger partial charge in [0.25, 0.3) is 0 Å². The third-order valence-corrected chi connectivity index (χ3v) is 3.16. The highest BCUT2D eigenvalue weighted by Gasteiger charge is 2.18. The van der Waals surface area contributed by atoms with Crippen LogP contribution in [0.1, 0.15) is 25.7 Å². The molecule has 0 spiro atoms. The summed E-state index contributed by atoms with van der Waals surface area (Å²) in [6, 6.07) is 0. The number of piperidine rings is 1. The zero-order valence-electron chi connectivity index (χ0n) is 10.3. The molecule has 15 heavy (non-hydrogen) atoms. The van der Waals surface area contributed by atoms with Gasteiger partial charge in [0.15, 0.2) is 0 Å². The van der Waals surface area contributed by atoms with Gasteiger partial charge in [-0.15, -0.1) is 0 Å². The lowest BCUT2D eigenvalue weighted by molar-refractivity contribution is 0.0899. The summed E-state index contributed by atoms with van der Waals surface area (Å²) in [6.45, 7) is 5.89. The van der Waals surface area contributed by atoms with Gasteiger partial charge in [-0.1, -0.05) is 0 Å². The number of hydrogen-bond donors (Lipinski definition) is 1. The van der Waals surface area contributed by atoms with Crippen molar-refractivity contribution in [2.75, 3.05) is 46.9 Å². The van der Waals surface area contributed by atoms with Gasteiger partial charge in [0.05, 0.1) is 6.61 Å². The fourth-order valence-electron chi connectivity index (χ4n) is 2.36. The van der Waals surface area contributed by atoms with Crippen molar-refractivity contribution < 1.29 is 4.74 Å². The van der Waals surface area contributed by atoms with Crippen LogP contribution in [0, 0.1) is 5.92 Å². The van der Waals surface area contributed by atoms with Gasteiger partial charge in [-0.05, 0) is 58.3 Å². The predicted octanol–water partition coefficient (Wildman–Crippen LogP) is 1.34. The van der Waals surface area contributed by atoms with Gasteiger partial charge >= 0.3 is 0 Å². The number of rotatable bonds is 7. The van der Waals surface area contributed by atoms with E-state index in [1.54, 1.807) is 0 Å². The van der Waals surface area contributed by atoms with Crippen molar-refractivity contribution in [2.45, 2.75) is 25.7 Å². The van der Waals surface area contributed by atoms with Crippen LogP contribution in [-0.4, -0.2) is 51.8 Å². The lowest BCUT2D eigenvalue weighted by Gasteiger charge is -2.32. The molecule has 3 nitrogen and oxygen atoms in total. The van der Waals surface area contributed by atoms with Gasteiger partial charge in [-0.2, -0.15) is 0 Å². The molecule has 3 heteroatoms. The fourth-order valence-corrected chi connectivity index (χ4v) is 2.36. The van der Waals surface area contributed by atoms with Gasteiger partial charge in [0.1, 0.15) is 0 Å². The van der Waals surface area contributed by atoms with E-state index in [4.69, 9.17) is 4.74 Å². The Balaban J connectivity index is 2.07. The molecular formula is C12H26N2O. The predicted molar refractivity (Wildman–Crippen MR) is 64.2 cm³/mol. The summed E-state index contributed by atoms with van der Waals surface area (Å²) in [5.74, 6) is 0.771. The summed E-state index contributed by atoms with van der Waals surface area (Å²) >= 11 is 0. The molecule has 1 fully saturated rings. The Morgan fingerprint density at radius 3 is 3.00 bits per heavy atom. The van der Waals surface area contributed by atoms with Crippen molar-refractivity contribution in [3.05, 3.63) is 0 Å². The van der Waals surface area contributed by atoms with Crippen LogP contribution >= 0.6 is 0 Å². The third kappa shape index (κ3) is 5.50. The highest BCUT2D eigenvalue weighted by Crippen LogP contribution is 2.16. The van der Waals surface area contributed by atoms with Crippen LogP contribution in [-0.2, 0) is 4.74 Å². The first-order chi connectivity index (χ1) is 7.36. The smallest absolute Gasteiger partial charge is 0.0502 e. The van der Waals surface area contributed by atoms with Gasteiger partial charge in [0, 0.05) is 13.7 Å². The lowest BCUT2D eigenvalue weighted by atomic mass is 9.99. The van der Waals surface area contributed by atoms with Crippen LogP contribution in [0.2, 0.25) is 0 Å². The number of methoxy groups -OCH3 is 1. The van der Waals surface area contributed by atoms with E-state index in [0.29, 0.717) is 0 Å². The molecule has 90 valence electrons. The van der Waals surface area contributed by atoms with Gasteiger partial charge in [0.2, 0.25) is 0 Å². The Kier molecular flexibility index (Phi) is 6.98. The molecule has 0 bridgehead atoms. The molecule has 0 aromatic heterocycles. The Bertz CT molecular complexity index is 151. The second-order valence-electron chi connectivity index (χ2n) is 4.57. The number of unbranched alkanes of at least 4 members (excludes halogenated alkanes) is 1. The average Bonchev–Trinajstić information content (AvgIpc) is 2.26. The van der Waals surface area contributed by atoms with Crippen LogP contribution < -0.4 is 5.32 Å². The monoisotopic (exact) mass is 214 g/mol. The fraction of sp³-hybridized carbons (Fsp3) is 1.00. The van der Waals surface area contributed by atoms with Crippen LogP contribution in [0.5, 0.6) is 0 Å². The number of likely N-dealkylation sites (tertiary alicyclic amines) is 1. The second-order valence-corrected chi connectivity index (χ2v) is 4.57. The van der Waals surface area contributed by atoms with Crippen LogP contribution in [0.3, 0.4) is 0 Å². The molecule has 1 heterocycles. The summed E-state index contributed by atoms with van der Waals surface area (Å²) in [5, 5.41) is 3.20. The second kappa shape index (κ2) is 8.08. The molecule has 1 N–H and O–H groups in total. The molecule has 1 aliphatic heterocycles. The zero-order chi connectivity index (χ0) is 10.9. The summed E-state index contributed by atoms with van der Waals surface area (Å²) in [4.78, 5) is 2.60. The summed E-state index contributed by atoms with van der Waals surface area (Å²) in [5.41, 5.74) is 0. The molecule has 1 aliphatic rings. The lowest BCUT2D eigenvalue weighted by Crippen LogP contribution is -2.37. The van der Waals surface area contributed by atoms with Gasteiger partial charge < -0.3 is 15.0 Å². The number of ether oxygens (including phenoxy) is 1. The Morgan fingerprint density at radius 1 is 1.40 bits per heavy atom. The molecule has 1 rings (SSSR count). The quantitative estimate of drug-likeness (QED) is 0.647. The first kappa shape index (κ1) is 12.9. The highest BCUT2D eigenvalue weighted by molar-refractivity contribution is 4.72. The summed E-state index contributed by atoms with van der Waals surface area (Å²) in [6.07, 6.45) is 5.31. The largest absolute Gasteiger partial charge is 0.384 e. The number of nitrogens with zero attached hydrogens (tertiary/aromatic N) is 1. The molecule has 1 atom stereocenters. The number of nitrogens with one attached hydrogen (secondary N) is 1. The van der Waals surface area contributed by atoms with Crippen LogP contribution in [0.4, 0.5) is 0 Å². The molecule has 0 saturated carbocycles. The molecular weight excluding hydrogens is 188 g/mol. The molecule has 0 aromatic rings. The Labute approximate surface area is 94.2 Å². The maximum absolute atomic E-state index is 5.24. The molecule has 0 aliphatic carbocycles. The molecule has 1 unspecified atom stereocenters. The third-order valence-electron chi connectivity index (χ3n) is 3.16. The van der Waals surface area contributed by atoms with Crippen molar-refractivity contribution in [1.82, 2.24) is 10.2 Å². The SMILES string of the molecule is CNCCCCN1CCCC(COC)C1. The van der Waals surface area contributed by atoms with Crippen molar-refractivity contribution in [1.29, 1.82) is 0 Å². The highest BCUT2D eigenvalue weighted by atomic mass is 16.5. The molecule has 0 aromatic carbocycles. The van der Waals surface area contributed by atoms with E-state index in [1.165, 1.54) is 45.3 Å². The Morgan fingerprint density at radius 2 is 2.27 bits per heavy atom. The van der Waals surface area contributed by atoms with Gasteiger partial charge in [-0.25, -0.2) is 0 Å². The van der Waals surface area contributed by atoms with Crippen molar-refractivity contribution in [2.24, 2.45) is 5.92 Å². The maximum atomic E-state index is 5.24. The Hall–Kier alpha value is -0.120. The summed E-state index contributed by atoms with van der Waals surface area (Å²) < 4.78 is 5.24. The van der Waals surface area contributed by atoms with E-state index in [1.807, 2.05) is 14.2 Å². The van der Waals surface area contributed by atoms with E-state index in [2.05, 4.69) is 10.2 Å². The average molecular weight is 214 g/mol. The zero-order valence-corrected chi connectivity index (χ0v) is 10.3. The minimum atomic E-state index is 0.771. The maximum Gasteiger partial charge on any atom is 0.0502 e. The van der Waals surface area contributed by atoms with Crippen molar-refractivity contribution in [3.63, 3.8) is 0 Å². The van der Waals surface area contributed by atoms with E-state index in [-0.39, 0.29) is 0 Å². The minimum absolute atomic E-state index is 0.771. The van der Waals surface area contributed by atoms with Crippen LogP contribution in [0.15, 0.2) is 0 Å². The van der Waals surface area contributed by atoms with Crippen molar-refractivity contribution in [3.8, 4) is 0 Å². The molecule has 1 saturated heterocycles. The van der Waals surface area contributed by atoms with E-state index in [9.17, 15) is 0 Å². The summed E-state index contributed by atoms with van der Waals surface area (Å²) in [7, 11) is 3.83. The first-order valence-corrected chi connectivity index (χ1v) is 6.22. The standard InChI is InChI=1S/C12H26N2O/c1-13-7-3-4-8-14-9-5-6-12(10-14)11-15-2/h12-13H,3-11H2,1-2H3. The molecule has 0 amide bonds. The first-order valence-electron chi connectivity index (χ1n) is 6.22. The van der Waals surface area contributed by atoms with E-state index < -0.39 is 0 Å². The van der Waals surface area contributed by atoms with Gasteiger partial charge in [-0.3, -0.25) is 0 Å². The number of hydrogen-bond acceptors (Lipinski definition) is 3. The van der Waals surface area contributed by atoms with Crippen molar-refractivity contribution >= 4 is 0 Å².